The molecule has 27 heavy (non-hydrogen) atoms. The third-order valence-corrected chi connectivity index (χ3v) is 4.33. The zero-order chi connectivity index (χ0) is 20.3. The highest BCUT2D eigenvalue weighted by Crippen LogP contribution is 2.24. The molecule has 0 saturated heterocycles. The number of esters is 1. The minimum Gasteiger partial charge on any atom is -0.465 e. The van der Waals surface area contributed by atoms with Gasteiger partial charge in [-0.3, -0.25) is 9.59 Å². The summed E-state index contributed by atoms with van der Waals surface area (Å²) in [5.74, 6) is -1.11. The van der Waals surface area contributed by atoms with Gasteiger partial charge in [0.1, 0.15) is 5.69 Å². The van der Waals surface area contributed by atoms with Crippen molar-refractivity contribution in [3.63, 3.8) is 0 Å². The zero-order valence-electron chi connectivity index (χ0n) is 16.4. The van der Waals surface area contributed by atoms with Crippen LogP contribution in [0.1, 0.15) is 51.5 Å². The van der Waals surface area contributed by atoms with E-state index in [4.69, 9.17) is 4.74 Å². The summed E-state index contributed by atoms with van der Waals surface area (Å²) in [6.45, 7) is 8.87. The molecule has 1 aromatic heterocycles. The molecule has 1 aromatic carbocycles. The van der Waals surface area contributed by atoms with Crippen LogP contribution in [0.5, 0.6) is 0 Å². The normalized spacial score (nSPS) is 10.6. The van der Waals surface area contributed by atoms with Gasteiger partial charge in [0.2, 0.25) is 5.91 Å². The third kappa shape index (κ3) is 4.36. The molecule has 0 bridgehead atoms. The van der Waals surface area contributed by atoms with E-state index in [-0.39, 0.29) is 17.7 Å². The first-order valence-electron chi connectivity index (χ1n) is 8.66. The van der Waals surface area contributed by atoms with Gasteiger partial charge in [-0.15, -0.1) is 0 Å². The average Bonchev–Trinajstić information content (AvgIpc) is 2.91. The molecule has 7 nitrogen and oxygen atoms in total. The van der Waals surface area contributed by atoms with Crippen molar-refractivity contribution in [2.45, 2.75) is 34.6 Å². The van der Waals surface area contributed by atoms with E-state index in [0.29, 0.717) is 33.9 Å². The van der Waals surface area contributed by atoms with Crippen molar-refractivity contribution in [3.8, 4) is 0 Å². The molecule has 0 fully saturated rings. The summed E-state index contributed by atoms with van der Waals surface area (Å²) in [5.41, 5.74) is 3.77. The van der Waals surface area contributed by atoms with Crippen LogP contribution in [-0.4, -0.2) is 29.9 Å². The maximum absolute atomic E-state index is 12.7. The van der Waals surface area contributed by atoms with Crippen molar-refractivity contribution >= 4 is 29.2 Å². The lowest BCUT2D eigenvalue weighted by molar-refractivity contribution is -0.118. The number of rotatable bonds is 5. The van der Waals surface area contributed by atoms with Gasteiger partial charge in [-0.2, -0.15) is 0 Å². The molecule has 0 atom stereocenters. The molecule has 1 heterocycles. The van der Waals surface area contributed by atoms with E-state index in [1.54, 1.807) is 39.8 Å². The van der Waals surface area contributed by atoms with Crippen LogP contribution in [0.4, 0.5) is 11.4 Å². The van der Waals surface area contributed by atoms with Crippen LogP contribution in [0, 0.1) is 26.7 Å². The standard InChI is InChI=1S/C20H25N3O4/c1-10(2)18(24)22-14-8-7-11(3)15(9-14)23-19(25)17-12(4)16(13(5)21-17)20(26)27-6/h7-10,21H,1-6H3,(H,22,24)(H,23,25). The smallest absolute Gasteiger partial charge is 0.339 e. The SMILES string of the molecule is COC(=O)c1c(C)[nH]c(C(=O)Nc2cc(NC(=O)C(C)C)ccc2C)c1C. The number of H-pyrrole nitrogens is 1. The molecule has 0 aliphatic carbocycles. The minimum absolute atomic E-state index is 0.102. The van der Waals surface area contributed by atoms with Gasteiger partial charge < -0.3 is 20.4 Å². The Kier molecular flexibility index (Phi) is 6.05. The number of anilines is 2. The van der Waals surface area contributed by atoms with Gasteiger partial charge in [0.25, 0.3) is 5.91 Å². The van der Waals surface area contributed by atoms with Crippen LogP contribution in [0.25, 0.3) is 0 Å². The molecule has 0 saturated carbocycles. The summed E-state index contributed by atoms with van der Waals surface area (Å²) in [4.78, 5) is 39.4. The Balaban J connectivity index is 2.28. The van der Waals surface area contributed by atoms with E-state index in [1.807, 2.05) is 13.0 Å². The Hall–Kier alpha value is -3.09. The molecule has 2 amide bonds. The van der Waals surface area contributed by atoms with E-state index in [0.717, 1.165) is 5.56 Å². The predicted octanol–water partition coefficient (Wildman–Crippen LogP) is 3.57. The Morgan fingerprint density at radius 3 is 2.33 bits per heavy atom. The zero-order valence-corrected chi connectivity index (χ0v) is 16.4. The summed E-state index contributed by atoms with van der Waals surface area (Å²) in [6.07, 6.45) is 0. The van der Waals surface area contributed by atoms with Crippen molar-refractivity contribution in [1.82, 2.24) is 4.98 Å². The van der Waals surface area contributed by atoms with Gasteiger partial charge in [-0.25, -0.2) is 4.79 Å². The van der Waals surface area contributed by atoms with Gasteiger partial charge in [0.15, 0.2) is 0 Å². The monoisotopic (exact) mass is 371 g/mol. The number of nitrogens with one attached hydrogen (secondary N) is 3. The molecule has 0 aliphatic heterocycles. The van der Waals surface area contributed by atoms with Gasteiger partial charge in [0, 0.05) is 23.0 Å². The van der Waals surface area contributed by atoms with Crippen LogP contribution in [0.2, 0.25) is 0 Å². The number of aryl methyl sites for hydroxylation is 2. The highest BCUT2D eigenvalue weighted by molar-refractivity contribution is 6.07. The number of hydrogen-bond acceptors (Lipinski definition) is 4. The number of hydrogen-bond donors (Lipinski definition) is 3. The number of carbonyl (C=O) groups is 3. The third-order valence-electron chi connectivity index (χ3n) is 4.33. The van der Waals surface area contributed by atoms with Crippen LogP contribution < -0.4 is 10.6 Å². The summed E-state index contributed by atoms with van der Waals surface area (Å²) in [5, 5.41) is 5.64. The van der Waals surface area contributed by atoms with Crippen molar-refractivity contribution < 1.29 is 19.1 Å². The Labute approximate surface area is 158 Å². The molecule has 0 aliphatic rings. The van der Waals surface area contributed by atoms with E-state index < -0.39 is 5.97 Å². The first-order chi connectivity index (χ1) is 12.6. The van der Waals surface area contributed by atoms with Crippen LogP contribution in [0.3, 0.4) is 0 Å². The van der Waals surface area contributed by atoms with Gasteiger partial charge in [-0.05, 0) is 44.0 Å². The van der Waals surface area contributed by atoms with E-state index in [2.05, 4.69) is 15.6 Å². The van der Waals surface area contributed by atoms with Gasteiger partial charge in [0.05, 0.1) is 12.7 Å². The largest absolute Gasteiger partial charge is 0.465 e. The highest BCUT2D eigenvalue weighted by Gasteiger charge is 2.23. The van der Waals surface area contributed by atoms with Crippen LogP contribution in [0.15, 0.2) is 18.2 Å². The van der Waals surface area contributed by atoms with E-state index in [1.165, 1.54) is 7.11 Å². The Morgan fingerprint density at radius 1 is 1.07 bits per heavy atom. The number of aromatic nitrogens is 1. The quantitative estimate of drug-likeness (QED) is 0.700. The summed E-state index contributed by atoms with van der Waals surface area (Å²) >= 11 is 0. The average molecular weight is 371 g/mol. The van der Waals surface area contributed by atoms with Crippen molar-refractivity contribution in [1.29, 1.82) is 0 Å². The van der Waals surface area contributed by atoms with Crippen molar-refractivity contribution in [2.75, 3.05) is 17.7 Å². The maximum atomic E-state index is 12.7. The second kappa shape index (κ2) is 8.07. The molecule has 0 spiro atoms. The highest BCUT2D eigenvalue weighted by atomic mass is 16.5. The summed E-state index contributed by atoms with van der Waals surface area (Å²) in [6, 6.07) is 5.31. The number of aromatic amines is 1. The van der Waals surface area contributed by atoms with Crippen LogP contribution in [-0.2, 0) is 9.53 Å². The topological polar surface area (TPSA) is 100 Å². The number of carbonyl (C=O) groups excluding carboxylic acids is 3. The molecule has 0 unspecified atom stereocenters. The number of amides is 2. The molecular formula is C20H25N3O4. The lowest BCUT2D eigenvalue weighted by Gasteiger charge is -2.12. The minimum atomic E-state index is -0.491. The fraction of sp³-hybridized carbons (Fsp3) is 0.350. The van der Waals surface area contributed by atoms with Gasteiger partial charge in [-0.1, -0.05) is 19.9 Å². The van der Waals surface area contributed by atoms with Crippen LogP contribution >= 0.6 is 0 Å². The molecular weight excluding hydrogens is 346 g/mol. The summed E-state index contributed by atoms with van der Waals surface area (Å²) < 4.78 is 4.77. The lowest BCUT2D eigenvalue weighted by atomic mass is 10.1. The number of ether oxygens (including phenoxy) is 1. The second-order valence-electron chi connectivity index (χ2n) is 6.74. The molecule has 3 N–H and O–H groups in total. The lowest BCUT2D eigenvalue weighted by Crippen LogP contribution is -2.18. The number of benzene rings is 1. The first kappa shape index (κ1) is 20.2. The molecule has 0 radical (unpaired) electrons. The molecule has 144 valence electrons. The Morgan fingerprint density at radius 2 is 1.74 bits per heavy atom. The molecule has 2 aromatic rings. The fourth-order valence-electron chi connectivity index (χ4n) is 2.69. The predicted molar refractivity (Wildman–Crippen MR) is 104 cm³/mol. The van der Waals surface area contributed by atoms with Crippen molar-refractivity contribution in [2.24, 2.45) is 5.92 Å². The van der Waals surface area contributed by atoms with E-state index >= 15 is 0 Å². The summed E-state index contributed by atoms with van der Waals surface area (Å²) in [7, 11) is 1.30. The molecule has 7 heteroatoms. The maximum Gasteiger partial charge on any atom is 0.339 e. The van der Waals surface area contributed by atoms with E-state index in [9.17, 15) is 14.4 Å². The first-order valence-corrected chi connectivity index (χ1v) is 8.66. The Bertz CT molecular complexity index is 897. The van der Waals surface area contributed by atoms with Crippen molar-refractivity contribution in [3.05, 3.63) is 46.3 Å². The molecule has 2 rings (SSSR count). The second-order valence-corrected chi connectivity index (χ2v) is 6.74. The fourth-order valence-corrected chi connectivity index (χ4v) is 2.69. The van der Waals surface area contributed by atoms with Gasteiger partial charge >= 0.3 is 5.97 Å². The number of methoxy groups -OCH3 is 1.